The number of non-ortho nitro benzene ring substituents is 1. The number of carbonyl (C=O) groups excluding carboxylic acids is 1. The number of hydrogen-bond donors (Lipinski definition) is 1. The summed E-state index contributed by atoms with van der Waals surface area (Å²) in [6.07, 6.45) is 4.32. The van der Waals surface area contributed by atoms with E-state index >= 15 is 0 Å². The second-order valence-corrected chi connectivity index (χ2v) is 6.95. The van der Waals surface area contributed by atoms with Gasteiger partial charge >= 0.3 is 0 Å². The standard InChI is InChI=1S/C15H18BrN3O3.ClH/c1-18(12-6-9-2-3-10(7-12)17-9)15(20)13-5-4-11(19(21)22)8-14(13)16;/h4-5,8-10,12,17H,2-3,6-7H2,1H3;1H. The van der Waals surface area contributed by atoms with E-state index in [9.17, 15) is 14.9 Å². The van der Waals surface area contributed by atoms with Gasteiger partial charge in [0, 0.05) is 41.8 Å². The molecular formula is C15H19BrClN3O3. The Balaban J connectivity index is 0.00000192. The molecule has 23 heavy (non-hydrogen) atoms. The van der Waals surface area contributed by atoms with Crippen molar-refractivity contribution in [1.29, 1.82) is 0 Å². The van der Waals surface area contributed by atoms with Gasteiger partial charge in [-0.2, -0.15) is 0 Å². The van der Waals surface area contributed by atoms with E-state index in [1.807, 2.05) is 7.05 Å². The Hall–Kier alpha value is -1.18. The Morgan fingerprint density at radius 3 is 2.48 bits per heavy atom. The Morgan fingerprint density at radius 1 is 1.35 bits per heavy atom. The lowest BCUT2D eigenvalue weighted by atomic mass is 9.98. The molecule has 6 nitrogen and oxygen atoms in total. The maximum atomic E-state index is 12.7. The van der Waals surface area contributed by atoms with E-state index < -0.39 is 4.92 Å². The minimum Gasteiger partial charge on any atom is -0.339 e. The molecule has 1 N–H and O–H groups in total. The number of carbonyl (C=O) groups is 1. The highest BCUT2D eigenvalue weighted by molar-refractivity contribution is 9.10. The molecule has 1 amide bonds. The summed E-state index contributed by atoms with van der Waals surface area (Å²) in [6, 6.07) is 5.54. The lowest BCUT2D eigenvalue weighted by molar-refractivity contribution is -0.384. The first-order chi connectivity index (χ1) is 10.5. The predicted octanol–water partition coefficient (Wildman–Crippen LogP) is 3.13. The molecular weight excluding hydrogens is 386 g/mol. The van der Waals surface area contributed by atoms with Crippen LogP contribution in [-0.4, -0.2) is 40.9 Å². The molecule has 1 aromatic carbocycles. The summed E-state index contributed by atoms with van der Waals surface area (Å²) in [6.45, 7) is 0. The first-order valence-electron chi connectivity index (χ1n) is 7.43. The molecule has 1 aromatic rings. The van der Waals surface area contributed by atoms with E-state index in [0.717, 1.165) is 12.8 Å². The molecule has 8 heteroatoms. The van der Waals surface area contributed by atoms with Gasteiger partial charge in [-0.3, -0.25) is 14.9 Å². The molecule has 2 saturated heterocycles. The van der Waals surface area contributed by atoms with Crippen molar-refractivity contribution >= 4 is 39.9 Å². The molecule has 2 aliphatic heterocycles. The fourth-order valence-electron chi connectivity index (χ4n) is 3.49. The number of amides is 1. The fraction of sp³-hybridized carbons (Fsp3) is 0.533. The highest BCUT2D eigenvalue weighted by atomic mass is 79.9. The number of rotatable bonds is 3. The van der Waals surface area contributed by atoms with E-state index in [1.165, 1.54) is 31.0 Å². The zero-order valence-corrected chi connectivity index (χ0v) is 15.1. The topological polar surface area (TPSA) is 75.5 Å². The van der Waals surface area contributed by atoms with Crippen molar-refractivity contribution in [2.24, 2.45) is 0 Å². The summed E-state index contributed by atoms with van der Waals surface area (Å²) in [5, 5.41) is 14.3. The first kappa shape index (κ1) is 18.2. The van der Waals surface area contributed by atoms with Crippen LogP contribution in [0.1, 0.15) is 36.0 Å². The van der Waals surface area contributed by atoms with E-state index in [2.05, 4.69) is 21.2 Å². The molecule has 2 atom stereocenters. The van der Waals surface area contributed by atoms with Crippen LogP contribution in [0.15, 0.2) is 22.7 Å². The summed E-state index contributed by atoms with van der Waals surface area (Å²) >= 11 is 3.28. The fourth-order valence-corrected chi connectivity index (χ4v) is 4.03. The zero-order chi connectivity index (χ0) is 15.9. The minimum atomic E-state index is -0.465. The monoisotopic (exact) mass is 403 g/mol. The molecule has 126 valence electrons. The molecule has 0 aromatic heterocycles. The van der Waals surface area contributed by atoms with Crippen molar-refractivity contribution in [1.82, 2.24) is 10.2 Å². The van der Waals surface area contributed by atoms with Crippen LogP contribution in [0.5, 0.6) is 0 Å². The van der Waals surface area contributed by atoms with E-state index in [-0.39, 0.29) is 30.0 Å². The smallest absolute Gasteiger partial charge is 0.270 e. The SMILES string of the molecule is CN(C(=O)c1ccc([N+](=O)[O-])cc1Br)C1CC2CCC(C1)N2.Cl. The molecule has 0 saturated carbocycles. The summed E-state index contributed by atoms with van der Waals surface area (Å²) in [4.78, 5) is 24.8. The summed E-state index contributed by atoms with van der Waals surface area (Å²) < 4.78 is 0.468. The Kier molecular flexibility index (Phi) is 5.65. The highest BCUT2D eigenvalue weighted by Gasteiger charge is 2.36. The van der Waals surface area contributed by atoms with E-state index in [0.29, 0.717) is 22.1 Å². The number of halogens is 2. The maximum Gasteiger partial charge on any atom is 0.270 e. The molecule has 2 heterocycles. The van der Waals surface area contributed by atoms with Gasteiger partial charge in [-0.1, -0.05) is 0 Å². The van der Waals surface area contributed by atoms with E-state index in [4.69, 9.17) is 0 Å². The summed E-state index contributed by atoms with van der Waals surface area (Å²) in [7, 11) is 1.83. The number of hydrogen-bond acceptors (Lipinski definition) is 4. The number of nitro benzene ring substituents is 1. The van der Waals surface area contributed by atoms with Crippen molar-refractivity contribution in [2.45, 2.75) is 43.8 Å². The van der Waals surface area contributed by atoms with Crippen LogP contribution in [0.3, 0.4) is 0 Å². The van der Waals surface area contributed by atoms with E-state index in [1.54, 1.807) is 4.90 Å². The molecule has 3 rings (SSSR count). The van der Waals surface area contributed by atoms with Crippen LogP contribution in [0.4, 0.5) is 5.69 Å². The minimum absolute atomic E-state index is 0. The predicted molar refractivity (Wildman–Crippen MR) is 93.1 cm³/mol. The van der Waals surface area contributed by atoms with Gasteiger partial charge in [-0.25, -0.2) is 0 Å². The molecule has 0 spiro atoms. The Morgan fingerprint density at radius 2 is 1.96 bits per heavy atom. The molecule has 0 radical (unpaired) electrons. The average molecular weight is 405 g/mol. The lowest BCUT2D eigenvalue weighted by Gasteiger charge is -2.35. The number of nitro groups is 1. The van der Waals surface area contributed by atoms with Crippen LogP contribution in [-0.2, 0) is 0 Å². The molecule has 0 aliphatic carbocycles. The van der Waals surface area contributed by atoms with Crippen LogP contribution in [0.25, 0.3) is 0 Å². The van der Waals surface area contributed by atoms with Crippen molar-refractivity contribution in [3.8, 4) is 0 Å². The van der Waals surface area contributed by atoms with Crippen molar-refractivity contribution in [3.63, 3.8) is 0 Å². The highest BCUT2D eigenvalue weighted by Crippen LogP contribution is 2.31. The zero-order valence-electron chi connectivity index (χ0n) is 12.7. The molecule has 2 unspecified atom stereocenters. The van der Waals surface area contributed by atoms with Gasteiger partial charge in [-0.15, -0.1) is 12.4 Å². The van der Waals surface area contributed by atoms with Gasteiger partial charge in [0.2, 0.25) is 0 Å². The van der Waals surface area contributed by atoms with Crippen LogP contribution >= 0.6 is 28.3 Å². The van der Waals surface area contributed by atoms with Gasteiger partial charge in [0.15, 0.2) is 0 Å². The number of fused-ring (bicyclic) bond motifs is 2. The molecule has 2 bridgehead atoms. The second-order valence-electron chi connectivity index (χ2n) is 6.10. The summed E-state index contributed by atoms with van der Waals surface area (Å²) in [5.41, 5.74) is 0.449. The number of piperidine rings is 1. The Labute approximate surface area is 149 Å². The number of nitrogens with one attached hydrogen (secondary N) is 1. The van der Waals surface area contributed by atoms with Crippen molar-refractivity contribution in [3.05, 3.63) is 38.3 Å². The largest absolute Gasteiger partial charge is 0.339 e. The van der Waals surface area contributed by atoms with Crippen LogP contribution in [0.2, 0.25) is 0 Å². The second kappa shape index (κ2) is 7.15. The van der Waals surface area contributed by atoms with Gasteiger partial charge in [0.1, 0.15) is 0 Å². The third-order valence-corrected chi connectivity index (χ3v) is 5.37. The Bertz CT molecular complexity index is 616. The van der Waals surface area contributed by atoms with Crippen LogP contribution in [0, 0.1) is 10.1 Å². The lowest BCUT2D eigenvalue weighted by Crippen LogP contribution is -2.48. The third kappa shape index (κ3) is 3.67. The molecule has 2 fully saturated rings. The first-order valence-corrected chi connectivity index (χ1v) is 8.22. The van der Waals surface area contributed by atoms with Gasteiger partial charge < -0.3 is 10.2 Å². The third-order valence-electron chi connectivity index (χ3n) is 4.71. The normalized spacial score (nSPS) is 25.6. The van der Waals surface area contributed by atoms with Gasteiger partial charge in [-0.05, 0) is 47.7 Å². The van der Waals surface area contributed by atoms with Crippen LogP contribution < -0.4 is 5.32 Å². The van der Waals surface area contributed by atoms with Crippen molar-refractivity contribution in [2.75, 3.05) is 7.05 Å². The number of benzene rings is 1. The quantitative estimate of drug-likeness (QED) is 0.620. The molecule has 2 aliphatic rings. The maximum absolute atomic E-state index is 12.7. The number of nitrogens with zero attached hydrogens (tertiary/aromatic N) is 2. The van der Waals surface area contributed by atoms with Gasteiger partial charge in [0.25, 0.3) is 11.6 Å². The van der Waals surface area contributed by atoms with Gasteiger partial charge in [0.05, 0.1) is 10.5 Å². The van der Waals surface area contributed by atoms with Crippen molar-refractivity contribution < 1.29 is 9.72 Å². The average Bonchev–Trinajstić information content (AvgIpc) is 2.84. The summed E-state index contributed by atoms with van der Waals surface area (Å²) in [5.74, 6) is -0.0897.